The molecule has 3 N–H and O–H groups in total. The Morgan fingerprint density at radius 3 is 2.80 bits per heavy atom. The van der Waals surface area contributed by atoms with Crippen molar-refractivity contribution in [3.8, 4) is 5.75 Å². The molecule has 0 saturated carbocycles. The van der Waals surface area contributed by atoms with Crippen LogP contribution in [0.15, 0.2) is 28.7 Å². The van der Waals surface area contributed by atoms with Crippen molar-refractivity contribution in [2.75, 3.05) is 0 Å². The summed E-state index contributed by atoms with van der Waals surface area (Å²) in [5.41, 5.74) is 3.40. The van der Waals surface area contributed by atoms with E-state index in [0.29, 0.717) is 27.9 Å². The van der Waals surface area contributed by atoms with E-state index in [4.69, 9.17) is 26.6 Å². The Kier molecular flexibility index (Phi) is 4.32. The van der Waals surface area contributed by atoms with Gasteiger partial charge in [-0.1, -0.05) is 11.6 Å². The Labute approximate surface area is 121 Å². The minimum atomic E-state index is -0.389. The van der Waals surface area contributed by atoms with Crippen LogP contribution >= 0.6 is 11.6 Å². The van der Waals surface area contributed by atoms with Gasteiger partial charge in [0.15, 0.2) is 0 Å². The van der Waals surface area contributed by atoms with Crippen LogP contribution in [0.5, 0.6) is 5.75 Å². The van der Waals surface area contributed by atoms with E-state index in [-0.39, 0.29) is 12.5 Å². The third-order valence-corrected chi connectivity index (χ3v) is 3.09. The van der Waals surface area contributed by atoms with Crippen LogP contribution in [-0.4, -0.2) is 5.91 Å². The predicted octanol–water partition coefficient (Wildman–Crippen LogP) is 2.73. The maximum atomic E-state index is 11.5. The molecule has 0 atom stereocenters. The van der Waals surface area contributed by atoms with E-state index in [2.05, 4.69) is 5.43 Å². The highest BCUT2D eigenvalue weighted by atomic mass is 35.5. The van der Waals surface area contributed by atoms with Gasteiger partial charge in [0.25, 0.3) is 5.91 Å². The third kappa shape index (κ3) is 3.12. The van der Waals surface area contributed by atoms with Crippen molar-refractivity contribution < 1.29 is 13.9 Å². The fourth-order valence-corrected chi connectivity index (χ4v) is 2.07. The Balaban J connectivity index is 2.09. The molecule has 0 saturated heterocycles. The summed E-state index contributed by atoms with van der Waals surface area (Å²) in [5.74, 6) is 6.47. The molecule has 2 aromatic rings. The number of carbonyl (C=O) groups is 1. The highest BCUT2D eigenvalue weighted by molar-refractivity contribution is 6.30. The first-order chi connectivity index (χ1) is 9.51. The number of benzene rings is 1. The fraction of sp³-hybridized carbons (Fsp3) is 0.214. The van der Waals surface area contributed by atoms with E-state index in [1.54, 1.807) is 25.1 Å². The lowest BCUT2D eigenvalue weighted by Gasteiger charge is -2.07. The van der Waals surface area contributed by atoms with Gasteiger partial charge in [0.2, 0.25) is 0 Å². The Bertz CT molecular complexity index is 637. The topological polar surface area (TPSA) is 77.5 Å². The zero-order valence-corrected chi connectivity index (χ0v) is 12.0. The summed E-state index contributed by atoms with van der Waals surface area (Å²) >= 11 is 5.88. The molecule has 0 aliphatic rings. The second-order valence-corrected chi connectivity index (χ2v) is 4.79. The molecule has 2 rings (SSSR count). The fourth-order valence-electron chi connectivity index (χ4n) is 1.84. The molecule has 0 radical (unpaired) electrons. The number of nitrogen functional groups attached to an aromatic ring is 1. The van der Waals surface area contributed by atoms with Crippen molar-refractivity contribution in [2.24, 2.45) is 5.84 Å². The summed E-state index contributed by atoms with van der Waals surface area (Å²) in [6.07, 6.45) is 0. The van der Waals surface area contributed by atoms with Crippen LogP contribution in [0.4, 0.5) is 0 Å². The quantitative estimate of drug-likeness (QED) is 0.516. The summed E-state index contributed by atoms with van der Waals surface area (Å²) in [6.45, 7) is 3.82. The van der Waals surface area contributed by atoms with Crippen LogP contribution in [0.25, 0.3) is 0 Å². The molecule has 0 aliphatic carbocycles. The maximum Gasteiger partial charge on any atom is 0.268 e. The van der Waals surface area contributed by atoms with Gasteiger partial charge >= 0.3 is 0 Å². The molecule has 1 heterocycles. The molecule has 5 nitrogen and oxygen atoms in total. The Morgan fingerprint density at radius 2 is 2.15 bits per heavy atom. The van der Waals surface area contributed by atoms with Crippen molar-refractivity contribution in [1.82, 2.24) is 5.43 Å². The SMILES string of the molecule is Cc1cc(Cl)ccc1OCc1cc(C(=O)NN)c(C)o1. The smallest absolute Gasteiger partial charge is 0.268 e. The average molecular weight is 295 g/mol. The average Bonchev–Trinajstić information content (AvgIpc) is 2.78. The molecule has 6 heteroatoms. The standard InChI is InChI=1S/C14H15ClN2O3/c1-8-5-10(15)3-4-13(8)19-7-11-6-12(9(2)20-11)14(18)17-16/h3-6H,7,16H2,1-2H3,(H,17,18). The lowest BCUT2D eigenvalue weighted by molar-refractivity contribution is 0.0952. The summed E-state index contributed by atoms with van der Waals surface area (Å²) in [7, 11) is 0. The second-order valence-electron chi connectivity index (χ2n) is 4.35. The van der Waals surface area contributed by atoms with E-state index < -0.39 is 0 Å². The number of amides is 1. The molecule has 20 heavy (non-hydrogen) atoms. The van der Waals surface area contributed by atoms with Gasteiger partial charge in [0, 0.05) is 5.02 Å². The van der Waals surface area contributed by atoms with Gasteiger partial charge in [-0.05, 0) is 43.7 Å². The highest BCUT2D eigenvalue weighted by Gasteiger charge is 2.14. The van der Waals surface area contributed by atoms with Crippen LogP contribution in [-0.2, 0) is 6.61 Å². The lowest BCUT2D eigenvalue weighted by atomic mass is 10.2. The number of halogens is 1. The van der Waals surface area contributed by atoms with Crippen molar-refractivity contribution in [3.05, 3.63) is 51.9 Å². The lowest BCUT2D eigenvalue weighted by Crippen LogP contribution is -2.30. The summed E-state index contributed by atoms with van der Waals surface area (Å²) in [4.78, 5) is 11.5. The van der Waals surface area contributed by atoms with Gasteiger partial charge in [0.05, 0.1) is 5.56 Å². The molecule has 0 spiro atoms. The number of aryl methyl sites for hydroxylation is 2. The molecule has 106 valence electrons. The third-order valence-electron chi connectivity index (χ3n) is 2.85. The number of hydrogen-bond donors (Lipinski definition) is 2. The number of nitrogens with one attached hydrogen (secondary N) is 1. The first-order valence-corrected chi connectivity index (χ1v) is 6.38. The molecular formula is C14H15ClN2O3. The molecule has 1 aromatic heterocycles. The van der Waals surface area contributed by atoms with Crippen LogP contribution in [0.2, 0.25) is 5.02 Å². The number of hydrogen-bond acceptors (Lipinski definition) is 4. The summed E-state index contributed by atoms with van der Waals surface area (Å²) in [5, 5.41) is 0.658. The molecule has 0 unspecified atom stereocenters. The zero-order valence-electron chi connectivity index (χ0n) is 11.2. The minimum absolute atomic E-state index is 0.223. The molecule has 0 aliphatic heterocycles. The maximum absolute atomic E-state index is 11.5. The Morgan fingerprint density at radius 1 is 1.40 bits per heavy atom. The predicted molar refractivity (Wildman–Crippen MR) is 75.6 cm³/mol. The van der Waals surface area contributed by atoms with Gasteiger partial charge in [-0.2, -0.15) is 0 Å². The van der Waals surface area contributed by atoms with Crippen molar-refractivity contribution in [3.63, 3.8) is 0 Å². The molecule has 1 amide bonds. The van der Waals surface area contributed by atoms with E-state index in [9.17, 15) is 4.79 Å². The molecular weight excluding hydrogens is 280 g/mol. The molecule has 0 fully saturated rings. The summed E-state index contributed by atoms with van der Waals surface area (Å²) in [6, 6.07) is 6.98. The van der Waals surface area contributed by atoms with Crippen LogP contribution in [0.3, 0.4) is 0 Å². The number of rotatable bonds is 4. The van der Waals surface area contributed by atoms with Gasteiger partial charge in [-0.3, -0.25) is 10.2 Å². The number of carbonyl (C=O) groups excluding carboxylic acids is 1. The number of hydrazine groups is 1. The van der Waals surface area contributed by atoms with Crippen molar-refractivity contribution in [2.45, 2.75) is 20.5 Å². The van der Waals surface area contributed by atoms with Crippen LogP contribution in [0, 0.1) is 13.8 Å². The van der Waals surface area contributed by atoms with Crippen LogP contribution in [0.1, 0.15) is 27.4 Å². The molecule has 1 aromatic carbocycles. The molecule has 0 bridgehead atoms. The van der Waals surface area contributed by atoms with E-state index in [1.807, 2.05) is 13.0 Å². The zero-order chi connectivity index (χ0) is 14.7. The van der Waals surface area contributed by atoms with Crippen molar-refractivity contribution >= 4 is 17.5 Å². The second kappa shape index (κ2) is 5.98. The number of furan rings is 1. The van der Waals surface area contributed by atoms with Gasteiger partial charge < -0.3 is 9.15 Å². The first-order valence-electron chi connectivity index (χ1n) is 6.00. The first kappa shape index (κ1) is 14.4. The van der Waals surface area contributed by atoms with Gasteiger partial charge in [0.1, 0.15) is 23.9 Å². The van der Waals surface area contributed by atoms with Crippen molar-refractivity contribution in [1.29, 1.82) is 0 Å². The van der Waals surface area contributed by atoms with Crippen LogP contribution < -0.4 is 16.0 Å². The summed E-state index contributed by atoms with van der Waals surface area (Å²) < 4.78 is 11.1. The van der Waals surface area contributed by atoms with E-state index in [0.717, 1.165) is 5.56 Å². The largest absolute Gasteiger partial charge is 0.485 e. The monoisotopic (exact) mass is 294 g/mol. The minimum Gasteiger partial charge on any atom is -0.485 e. The number of nitrogens with two attached hydrogens (primary N) is 1. The van der Waals surface area contributed by atoms with E-state index in [1.165, 1.54) is 0 Å². The van der Waals surface area contributed by atoms with Gasteiger partial charge in [-0.25, -0.2) is 5.84 Å². The Hall–Kier alpha value is -1.98. The van der Waals surface area contributed by atoms with Gasteiger partial charge in [-0.15, -0.1) is 0 Å². The highest BCUT2D eigenvalue weighted by Crippen LogP contribution is 2.23. The number of ether oxygens (including phenoxy) is 1. The van der Waals surface area contributed by atoms with E-state index >= 15 is 0 Å². The normalized spacial score (nSPS) is 10.4.